The van der Waals surface area contributed by atoms with Gasteiger partial charge in [0.05, 0.1) is 5.75 Å². The molecule has 0 bridgehead atoms. The molecule has 3 N–H and O–H groups in total. The Morgan fingerprint density at radius 3 is 2.62 bits per heavy atom. The van der Waals surface area contributed by atoms with E-state index in [9.17, 15) is 8.42 Å². The van der Waals surface area contributed by atoms with E-state index in [-0.39, 0.29) is 12.3 Å². The molecule has 1 aromatic carbocycles. The normalized spacial score (nSPS) is 16.0. The van der Waals surface area contributed by atoms with Crippen molar-refractivity contribution in [3.05, 3.63) is 35.9 Å². The lowest BCUT2D eigenvalue weighted by atomic mass is 10.0. The molecular weight excluding hydrogens is 392 g/mol. The number of sulfonamides is 1. The summed E-state index contributed by atoms with van der Waals surface area (Å²) in [5, 5.41) is 6.21. The van der Waals surface area contributed by atoms with E-state index < -0.39 is 10.0 Å². The van der Waals surface area contributed by atoms with Crippen molar-refractivity contribution in [1.82, 2.24) is 15.4 Å². The second-order valence-electron chi connectivity index (χ2n) is 7.04. The van der Waals surface area contributed by atoms with Crippen LogP contribution in [-0.2, 0) is 26.0 Å². The van der Waals surface area contributed by atoms with E-state index in [1.54, 1.807) is 7.05 Å². The number of guanidine groups is 1. The number of rotatable bonds is 12. The summed E-state index contributed by atoms with van der Waals surface area (Å²) < 4.78 is 37.9. The molecular formula is C20H34N4O4S. The predicted molar refractivity (Wildman–Crippen MR) is 115 cm³/mol. The van der Waals surface area contributed by atoms with Gasteiger partial charge in [-0.25, -0.2) is 13.1 Å². The van der Waals surface area contributed by atoms with Crippen LogP contribution in [0.15, 0.2) is 35.3 Å². The molecule has 0 spiro atoms. The van der Waals surface area contributed by atoms with Crippen LogP contribution in [0.25, 0.3) is 0 Å². The highest BCUT2D eigenvalue weighted by Gasteiger charge is 2.13. The van der Waals surface area contributed by atoms with Gasteiger partial charge in [0.15, 0.2) is 5.96 Å². The summed E-state index contributed by atoms with van der Waals surface area (Å²) in [6.45, 7) is 4.47. The summed E-state index contributed by atoms with van der Waals surface area (Å²) in [5.41, 5.74) is 0.931. The van der Waals surface area contributed by atoms with Crippen LogP contribution in [0, 0.1) is 5.92 Å². The van der Waals surface area contributed by atoms with E-state index in [0.29, 0.717) is 31.6 Å². The minimum atomic E-state index is -3.35. The van der Waals surface area contributed by atoms with Gasteiger partial charge in [-0.1, -0.05) is 30.3 Å². The molecule has 0 atom stereocenters. The molecule has 29 heavy (non-hydrogen) atoms. The first-order chi connectivity index (χ1) is 14.1. The van der Waals surface area contributed by atoms with Gasteiger partial charge in [-0.05, 0) is 30.7 Å². The molecule has 1 fully saturated rings. The summed E-state index contributed by atoms with van der Waals surface area (Å²) in [6, 6.07) is 9.45. The Morgan fingerprint density at radius 1 is 1.17 bits per heavy atom. The molecule has 1 aliphatic heterocycles. The van der Waals surface area contributed by atoms with E-state index in [0.717, 1.165) is 44.6 Å². The number of nitrogens with one attached hydrogen (secondary N) is 3. The smallest absolute Gasteiger partial charge is 0.213 e. The first kappa shape index (κ1) is 23.6. The summed E-state index contributed by atoms with van der Waals surface area (Å²) in [5.74, 6) is 1.19. The van der Waals surface area contributed by atoms with Crippen LogP contribution >= 0.6 is 0 Å². The van der Waals surface area contributed by atoms with E-state index in [2.05, 4.69) is 20.3 Å². The Balaban J connectivity index is 1.52. The van der Waals surface area contributed by atoms with E-state index in [4.69, 9.17) is 9.47 Å². The van der Waals surface area contributed by atoms with Crippen molar-refractivity contribution in [2.75, 3.05) is 52.3 Å². The molecule has 0 aliphatic carbocycles. The Bertz CT molecular complexity index is 692. The molecule has 1 heterocycles. The van der Waals surface area contributed by atoms with Crippen molar-refractivity contribution < 1.29 is 17.9 Å². The fourth-order valence-electron chi connectivity index (χ4n) is 2.93. The Labute approximate surface area is 174 Å². The standard InChI is InChI=1S/C20H34N4O4S/c1-21-20(22-10-5-12-28-17-19-8-13-27-14-9-19)23-11-15-29(25,26)24-16-18-6-3-2-4-7-18/h2-4,6-7,19,24H,5,8-17H2,1H3,(H2,21,22,23). The molecule has 1 saturated heterocycles. The molecule has 0 amide bonds. The Kier molecular flexibility index (Phi) is 11.0. The van der Waals surface area contributed by atoms with Crippen LogP contribution < -0.4 is 15.4 Å². The third kappa shape index (κ3) is 10.6. The van der Waals surface area contributed by atoms with Gasteiger partial charge >= 0.3 is 0 Å². The monoisotopic (exact) mass is 426 g/mol. The SMILES string of the molecule is CN=C(NCCCOCC1CCOCC1)NCCS(=O)(=O)NCc1ccccc1. The van der Waals surface area contributed by atoms with Gasteiger partial charge < -0.3 is 20.1 Å². The van der Waals surface area contributed by atoms with Gasteiger partial charge in [0, 0.05) is 53.1 Å². The second-order valence-corrected chi connectivity index (χ2v) is 8.96. The number of benzene rings is 1. The molecule has 1 aliphatic rings. The van der Waals surface area contributed by atoms with Gasteiger partial charge in [-0.2, -0.15) is 0 Å². The summed E-state index contributed by atoms with van der Waals surface area (Å²) in [6.07, 6.45) is 3.02. The molecule has 164 valence electrons. The quantitative estimate of drug-likeness (QED) is 0.263. The van der Waals surface area contributed by atoms with Crippen LogP contribution in [0.4, 0.5) is 0 Å². The van der Waals surface area contributed by atoms with Crippen molar-refractivity contribution >= 4 is 16.0 Å². The maximum absolute atomic E-state index is 12.1. The molecule has 2 rings (SSSR count). The number of hydrogen-bond acceptors (Lipinski definition) is 5. The van der Waals surface area contributed by atoms with E-state index in [1.165, 1.54) is 0 Å². The van der Waals surface area contributed by atoms with Gasteiger partial charge in [-0.15, -0.1) is 0 Å². The highest BCUT2D eigenvalue weighted by Crippen LogP contribution is 2.14. The lowest BCUT2D eigenvalue weighted by Gasteiger charge is -2.21. The van der Waals surface area contributed by atoms with Gasteiger partial charge in [-0.3, -0.25) is 4.99 Å². The van der Waals surface area contributed by atoms with Crippen LogP contribution in [0.5, 0.6) is 0 Å². The maximum atomic E-state index is 12.1. The molecule has 0 saturated carbocycles. The first-order valence-corrected chi connectivity index (χ1v) is 11.9. The topological polar surface area (TPSA) is 101 Å². The van der Waals surface area contributed by atoms with Gasteiger partial charge in [0.25, 0.3) is 0 Å². The highest BCUT2D eigenvalue weighted by molar-refractivity contribution is 7.89. The van der Waals surface area contributed by atoms with Crippen LogP contribution in [-0.4, -0.2) is 66.7 Å². The average Bonchev–Trinajstić information content (AvgIpc) is 2.75. The van der Waals surface area contributed by atoms with Crippen LogP contribution in [0.1, 0.15) is 24.8 Å². The van der Waals surface area contributed by atoms with Gasteiger partial charge in [0.1, 0.15) is 0 Å². The second kappa shape index (κ2) is 13.5. The summed E-state index contributed by atoms with van der Waals surface area (Å²) in [7, 11) is -1.69. The van der Waals surface area contributed by atoms with E-state index >= 15 is 0 Å². The van der Waals surface area contributed by atoms with Crippen molar-refractivity contribution in [3.63, 3.8) is 0 Å². The zero-order valence-electron chi connectivity index (χ0n) is 17.2. The number of nitrogens with zero attached hydrogens (tertiary/aromatic N) is 1. The number of aliphatic imine (C=N–C) groups is 1. The Hall–Kier alpha value is -1.68. The average molecular weight is 427 g/mol. The molecule has 1 aromatic rings. The van der Waals surface area contributed by atoms with Crippen molar-refractivity contribution in [3.8, 4) is 0 Å². The van der Waals surface area contributed by atoms with Crippen molar-refractivity contribution in [1.29, 1.82) is 0 Å². The Morgan fingerprint density at radius 2 is 1.90 bits per heavy atom. The molecule has 0 aromatic heterocycles. The summed E-state index contributed by atoms with van der Waals surface area (Å²) in [4.78, 5) is 4.12. The highest BCUT2D eigenvalue weighted by atomic mass is 32.2. The zero-order valence-corrected chi connectivity index (χ0v) is 18.0. The predicted octanol–water partition coefficient (Wildman–Crippen LogP) is 1.10. The number of ether oxygens (including phenoxy) is 2. The molecule has 9 heteroatoms. The minimum Gasteiger partial charge on any atom is -0.381 e. The molecule has 0 radical (unpaired) electrons. The third-order valence-electron chi connectivity index (χ3n) is 4.68. The van der Waals surface area contributed by atoms with Gasteiger partial charge in [0.2, 0.25) is 10.0 Å². The lowest BCUT2D eigenvalue weighted by Crippen LogP contribution is -2.41. The molecule has 0 unspecified atom stereocenters. The minimum absolute atomic E-state index is 0.0191. The van der Waals surface area contributed by atoms with Crippen molar-refractivity contribution in [2.24, 2.45) is 10.9 Å². The van der Waals surface area contributed by atoms with E-state index in [1.807, 2.05) is 30.3 Å². The molecule has 8 nitrogen and oxygen atoms in total. The van der Waals surface area contributed by atoms with Crippen LogP contribution in [0.3, 0.4) is 0 Å². The van der Waals surface area contributed by atoms with Crippen molar-refractivity contribution in [2.45, 2.75) is 25.8 Å². The first-order valence-electron chi connectivity index (χ1n) is 10.2. The maximum Gasteiger partial charge on any atom is 0.213 e. The van der Waals surface area contributed by atoms with Crippen LogP contribution in [0.2, 0.25) is 0 Å². The lowest BCUT2D eigenvalue weighted by molar-refractivity contribution is 0.0203. The number of hydrogen-bond donors (Lipinski definition) is 3. The summed E-state index contributed by atoms with van der Waals surface area (Å²) >= 11 is 0. The fourth-order valence-corrected chi connectivity index (χ4v) is 3.83. The third-order valence-corrected chi connectivity index (χ3v) is 6.00. The zero-order chi connectivity index (χ0) is 20.8. The fraction of sp³-hybridized carbons (Fsp3) is 0.650. The largest absolute Gasteiger partial charge is 0.381 e.